The lowest BCUT2D eigenvalue weighted by Crippen LogP contribution is -2.17. The second-order valence-electron chi connectivity index (χ2n) is 4.26. The van der Waals surface area contributed by atoms with Gasteiger partial charge >= 0.3 is 0 Å². The van der Waals surface area contributed by atoms with Crippen LogP contribution in [0.4, 0.5) is 14.5 Å². The molecule has 2 aromatic rings. The van der Waals surface area contributed by atoms with Crippen LogP contribution in [-0.4, -0.2) is 16.2 Å². The van der Waals surface area contributed by atoms with Gasteiger partial charge in [-0.05, 0) is 30.3 Å². The van der Waals surface area contributed by atoms with Crippen molar-refractivity contribution in [2.45, 2.75) is 0 Å². The molecule has 0 fully saturated rings. The van der Waals surface area contributed by atoms with Crippen LogP contribution in [0.15, 0.2) is 40.9 Å². The van der Waals surface area contributed by atoms with Crippen LogP contribution >= 0.6 is 15.9 Å². The van der Waals surface area contributed by atoms with Crippen LogP contribution < -0.4 is 0 Å². The third-order valence-electron chi connectivity index (χ3n) is 3.03. The molecular formula is C14H6BrF2NO2. The Kier molecular flexibility index (Phi) is 2.90. The summed E-state index contributed by atoms with van der Waals surface area (Å²) in [5.74, 6) is -2.65. The van der Waals surface area contributed by atoms with E-state index in [4.69, 9.17) is 0 Å². The van der Waals surface area contributed by atoms with Gasteiger partial charge in [0.05, 0.1) is 5.56 Å². The summed E-state index contributed by atoms with van der Waals surface area (Å²) < 4.78 is 27.3. The molecule has 6 heteroatoms. The molecule has 0 aliphatic carbocycles. The van der Waals surface area contributed by atoms with Gasteiger partial charge in [-0.25, -0.2) is 8.78 Å². The Morgan fingerprint density at radius 1 is 1.05 bits per heavy atom. The van der Waals surface area contributed by atoms with Crippen molar-refractivity contribution in [2.75, 3.05) is 0 Å². The van der Waals surface area contributed by atoms with E-state index in [-0.39, 0.29) is 22.5 Å². The molecule has 0 unspecified atom stereocenters. The van der Waals surface area contributed by atoms with Crippen LogP contribution in [0.5, 0.6) is 0 Å². The quantitative estimate of drug-likeness (QED) is 0.590. The van der Waals surface area contributed by atoms with Crippen molar-refractivity contribution >= 4 is 33.1 Å². The summed E-state index contributed by atoms with van der Waals surface area (Å²) in [7, 11) is 0. The van der Waals surface area contributed by atoms with Gasteiger partial charge in [-0.3, -0.25) is 4.79 Å². The molecule has 0 radical (unpaired) electrons. The highest BCUT2D eigenvalue weighted by Crippen LogP contribution is 2.30. The average molecular weight is 338 g/mol. The number of nitrogens with zero attached hydrogens (tertiary/aromatic N) is 1. The van der Waals surface area contributed by atoms with E-state index in [2.05, 4.69) is 15.9 Å². The highest BCUT2D eigenvalue weighted by Gasteiger charge is 2.36. The van der Waals surface area contributed by atoms with Crippen LogP contribution in [0.25, 0.3) is 0 Å². The lowest BCUT2D eigenvalue weighted by molar-refractivity contribution is -0.355. The fourth-order valence-electron chi connectivity index (χ4n) is 2.10. The zero-order valence-corrected chi connectivity index (χ0v) is 11.4. The maximum atomic E-state index is 13.3. The number of Topliss-reactive ketones (excluding diaryl/α,β-unsaturated/α-hetero) is 1. The Morgan fingerprint density at radius 3 is 2.50 bits per heavy atom. The predicted octanol–water partition coefficient (Wildman–Crippen LogP) is 3.55. The van der Waals surface area contributed by atoms with E-state index >= 15 is 0 Å². The first-order valence-electron chi connectivity index (χ1n) is 5.63. The molecule has 3 nitrogen and oxygen atoms in total. The van der Waals surface area contributed by atoms with Gasteiger partial charge in [0.2, 0.25) is 5.69 Å². The maximum absolute atomic E-state index is 13.3. The first-order chi connectivity index (χ1) is 9.49. The summed E-state index contributed by atoms with van der Waals surface area (Å²) in [6.07, 6.45) is 0. The van der Waals surface area contributed by atoms with Gasteiger partial charge < -0.3 is 5.21 Å². The molecule has 0 bridgehead atoms. The van der Waals surface area contributed by atoms with E-state index in [9.17, 15) is 18.8 Å². The minimum atomic E-state index is -1.10. The van der Waals surface area contributed by atoms with E-state index in [1.54, 1.807) is 6.07 Å². The number of hydrogen-bond donors (Lipinski definition) is 0. The molecular weight excluding hydrogens is 332 g/mol. The molecule has 0 saturated carbocycles. The fraction of sp³-hybridized carbons (Fsp3) is 0. The second-order valence-corrected chi connectivity index (χ2v) is 5.18. The van der Waals surface area contributed by atoms with Crippen molar-refractivity contribution in [3.8, 4) is 0 Å². The Labute approximate surface area is 120 Å². The molecule has 1 aliphatic rings. The van der Waals surface area contributed by atoms with E-state index < -0.39 is 17.4 Å². The van der Waals surface area contributed by atoms with E-state index in [0.717, 1.165) is 12.1 Å². The van der Waals surface area contributed by atoms with Crippen molar-refractivity contribution < 1.29 is 18.3 Å². The van der Waals surface area contributed by atoms with Gasteiger partial charge in [0.15, 0.2) is 11.6 Å². The summed E-state index contributed by atoms with van der Waals surface area (Å²) in [5, 5.41) is 12.1. The molecule has 0 amide bonds. The third kappa shape index (κ3) is 1.84. The number of hydrogen-bond acceptors (Lipinski definition) is 2. The molecule has 0 atom stereocenters. The molecule has 0 N–H and O–H groups in total. The zero-order valence-electron chi connectivity index (χ0n) is 9.86. The lowest BCUT2D eigenvalue weighted by Gasteiger charge is -2.02. The molecule has 2 aromatic carbocycles. The van der Waals surface area contributed by atoms with E-state index in [0.29, 0.717) is 9.21 Å². The smallest absolute Gasteiger partial charge is 0.273 e. The summed E-state index contributed by atoms with van der Waals surface area (Å²) in [5.41, 5.74) is 0.264. The van der Waals surface area contributed by atoms with Gasteiger partial charge in [-0.2, -0.15) is 4.74 Å². The number of carbonyl (C=O) groups excluding carboxylic acids is 1. The van der Waals surface area contributed by atoms with Gasteiger partial charge in [0, 0.05) is 10.5 Å². The monoisotopic (exact) mass is 337 g/mol. The van der Waals surface area contributed by atoms with E-state index in [1.807, 2.05) is 0 Å². The van der Waals surface area contributed by atoms with Crippen molar-refractivity contribution in [1.29, 1.82) is 0 Å². The van der Waals surface area contributed by atoms with Crippen LogP contribution in [0.3, 0.4) is 0 Å². The van der Waals surface area contributed by atoms with Crippen LogP contribution in [0, 0.1) is 16.8 Å². The molecule has 0 spiro atoms. The molecule has 20 heavy (non-hydrogen) atoms. The molecule has 1 aliphatic heterocycles. The summed E-state index contributed by atoms with van der Waals surface area (Å²) in [4.78, 5) is 12.2. The molecule has 0 saturated heterocycles. The first-order valence-corrected chi connectivity index (χ1v) is 6.42. The van der Waals surface area contributed by atoms with Crippen molar-refractivity contribution in [3.63, 3.8) is 0 Å². The first kappa shape index (κ1) is 12.9. The van der Waals surface area contributed by atoms with Crippen molar-refractivity contribution in [3.05, 3.63) is 68.8 Å². The van der Waals surface area contributed by atoms with E-state index in [1.165, 1.54) is 18.2 Å². The zero-order chi connectivity index (χ0) is 14.4. The predicted molar refractivity (Wildman–Crippen MR) is 72.2 cm³/mol. The van der Waals surface area contributed by atoms with Gasteiger partial charge in [-0.1, -0.05) is 15.9 Å². The molecule has 3 rings (SSSR count). The fourth-order valence-corrected chi connectivity index (χ4v) is 2.46. The maximum Gasteiger partial charge on any atom is 0.273 e. The summed E-state index contributed by atoms with van der Waals surface area (Å²) >= 11 is 3.22. The van der Waals surface area contributed by atoms with Gasteiger partial charge in [0.1, 0.15) is 5.56 Å². The Balaban J connectivity index is 2.18. The Morgan fingerprint density at radius 2 is 1.80 bits per heavy atom. The number of carbonyl (C=O) groups is 1. The molecule has 0 aromatic heterocycles. The van der Waals surface area contributed by atoms with Gasteiger partial charge in [0.25, 0.3) is 11.5 Å². The Bertz CT molecular complexity index is 787. The van der Waals surface area contributed by atoms with Crippen LogP contribution in [0.1, 0.15) is 15.9 Å². The van der Waals surface area contributed by atoms with Crippen molar-refractivity contribution in [1.82, 2.24) is 0 Å². The highest BCUT2D eigenvalue weighted by molar-refractivity contribution is 9.10. The molecule has 1 heterocycles. The number of ketones is 1. The summed E-state index contributed by atoms with van der Waals surface area (Å²) in [6, 6.07) is 7.58. The average Bonchev–Trinajstić information content (AvgIpc) is 2.65. The topological polar surface area (TPSA) is 43.1 Å². The Hall–Kier alpha value is -2.08. The van der Waals surface area contributed by atoms with Crippen LogP contribution in [-0.2, 0) is 0 Å². The highest BCUT2D eigenvalue weighted by atomic mass is 79.9. The standard InChI is InChI=1S/C14H6BrF2NO2/c15-8-2-4-12-9(6-8)14(19)13(18(12)20)7-1-3-10(16)11(17)5-7/h1-6H. The number of fused-ring (bicyclic) bond motifs is 1. The second kappa shape index (κ2) is 4.49. The molecule has 100 valence electrons. The SMILES string of the molecule is O=C1C(c2ccc(F)c(F)c2)=[N+]([O-])c2ccc(Br)cc21. The number of rotatable bonds is 1. The third-order valence-corrected chi connectivity index (χ3v) is 3.53. The number of benzene rings is 2. The summed E-state index contributed by atoms with van der Waals surface area (Å²) in [6.45, 7) is 0. The van der Waals surface area contributed by atoms with Gasteiger partial charge in [-0.15, -0.1) is 0 Å². The minimum absolute atomic E-state index is 0.0521. The largest absolute Gasteiger partial charge is 0.618 e. The van der Waals surface area contributed by atoms with Crippen LogP contribution in [0.2, 0.25) is 0 Å². The number of halogens is 3. The normalized spacial score (nSPS) is 13.8. The van der Waals surface area contributed by atoms with Crippen molar-refractivity contribution in [2.24, 2.45) is 0 Å². The lowest BCUT2D eigenvalue weighted by atomic mass is 10.0. The minimum Gasteiger partial charge on any atom is -0.618 e.